The molecule has 4 nitrogen and oxygen atoms in total. The average molecular weight is 354 g/mol. The van der Waals surface area contributed by atoms with Crippen molar-refractivity contribution in [1.29, 1.82) is 0 Å². The van der Waals surface area contributed by atoms with Crippen LogP contribution in [0.5, 0.6) is 0 Å². The van der Waals surface area contributed by atoms with Crippen LogP contribution >= 0.6 is 27.3 Å². The lowest BCUT2D eigenvalue weighted by molar-refractivity contribution is 0.259. The van der Waals surface area contributed by atoms with E-state index in [1.54, 1.807) is 11.3 Å². The molecule has 1 aromatic carbocycles. The van der Waals surface area contributed by atoms with Gasteiger partial charge in [0.05, 0.1) is 3.79 Å². The zero-order chi connectivity index (χ0) is 14.5. The highest BCUT2D eigenvalue weighted by atomic mass is 79.9. The molecule has 0 bridgehead atoms. The normalized spacial score (nSPS) is 12.1. The number of hydrogen-bond donors (Lipinski definition) is 3. The standard InChI is InChI=1S/C14H16BrN3OS/c1-9(17-8-12-6-7-13(15)20-12)10-2-4-11(5-3-10)18-14(16)19/h2-7,9,17H,8H2,1H3,(H3,16,18,19). The molecule has 2 rings (SSSR count). The van der Waals surface area contributed by atoms with Gasteiger partial charge in [0.2, 0.25) is 0 Å². The van der Waals surface area contributed by atoms with Crippen LogP contribution in [-0.2, 0) is 6.54 Å². The van der Waals surface area contributed by atoms with E-state index in [1.807, 2.05) is 24.3 Å². The van der Waals surface area contributed by atoms with Crippen molar-refractivity contribution in [2.45, 2.75) is 19.5 Å². The number of primary amides is 1. The summed E-state index contributed by atoms with van der Waals surface area (Å²) in [5.74, 6) is 0. The number of amides is 2. The maximum atomic E-state index is 10.7. The van der Waals surface area contributed by atoms with Crippen molar-refractivity contribution in [3.05, 3.63) is 50.6 Å². The minimum atomic E-state index is -0.549. The first-order valence-corrected chi connectivity index (χ1v) is 7.79. The van der Waals surface area contributed by atoms with Crippen molar-refractivity contribution >= 4 is 39.0 Å². The third kappa shape index (κ3) is 4.33. The maximum absolute atomic E-state index is 10.7. The Balaban J connectivity index is 1.91. The summed E-state index contributed by atoms with van der Waals surface area (Å²) in [5.41, 5.74) is 6.94. The molecule has 0 spiro atoms. The number of anilines is 1. The third-order valence-electron chi connectivity index (χ3n) is 2.89. The molecule has 0 aliphatic rings. The Morgan fingerprint density at radius 3 is 2.55 bits per heavy atom. The van der Waals surface area contributed by atoms with Crippen LogP contribution in [0.4, 0.5) is 10.5 Å². The van der Waals surface area contributed by atoms with Crippen LogP contribution in [0.1, 0.15) is 23.4 Å². The zero-order valence-corrected chi connectivity index (χ0v) is 13.4. The maximum Gasteiger partial charge on any atom is 0.316 e. The fraction of sp³-hybridized carbons (Fsp3) is 0.214. The SMILES string of the molecule is CC(NCc1ccc(Br)s1)c1ccc(NC(N)=O)cc1. The number of urea groups is 1. The number of hydrogen-bond acceptors (Lipinski definition) is 3. The Kier molecular flexibility index (Phi) is 5.17. The summed E-state index contributed by atoms with van der Waals surface area (Å²) in [4.78, 5) is 12.0. The highest BCUT2D eigenvalue weighted by molar-refractivity contribution is 9.11. The second-order valence-electron chi connectivity index (χ2n) is 4.42. The van der Waals surface area contributed by atoms with Gasteiger partial charge < -0.3 is 16.4 Å². The number of nitrogens with two attached hydrogens (primary N) is 1. The van der Waals surface area contributed by atoms with E-state index in [1.165, 1.54) is 4.88 Å². The van der Waals surface area contributed by atoms with Gasteiger partial charge in [0.25, 0.3) is 0 Å². The average Bonchev–Trinajstić information content (AvgIpc) is 2.82. The second kappa shape index (κ2) is 6.88. The van der Waals surface area contributed by atoms with E-state index in [2.05, 4.69) is 45.6 Å². The van der Waals surface area contributed by atoms with Gasteiger partial charge in [0, 0.05) is 23.2 Å². The molecule has 106 valence electrons. The molecule has 0 saturated heterocycles. The molecule has 1 unspecified atom stereocenters. The molecule has 0 radical (unpaired) electrons. The predicted octanol–water partition coefficient (Wildman–Crippen LogP) is 3.85. The molecule has 20 heavy (non-hydrogen) atoms. The summed E-state index contributed by atoms with van der Waals surface area (Å²) in [6.07, 6.45) is 0. The first-order chi connectivity index (χ1) is 9.54. The Bertz CT molecular complexity index is 582. The Labute approximate surface area is 130 Å². The van der Waals surface area contributed by atoms with Crippen molar-refractivity contribution in [3.63, 3.8) is 0 Å². The monoisotopic (exact) mass is 353 g/mol. The first kappa shape index (κ1) is 15.0. The fourth-order valence-corrected chi connectivity index (χ4v) is 3.25. The molecule has 2 amide bonds. The topological polar surface area (TPSA) is 67.2 Å². The molecule has 4 N–H and O–H groups in total. The minimum absolute atomic E-state index is 0.235. The fourth-order valence-electron chi connectivity index (χ4n) is 1.82. The van der Waals surface area contributed by atoms with Gasteiger partial charge in [-0.25, -0.2) is 4.79 Å². The lowest BCUT2D eigenvalue weighted by Crippen LogP contribution is -2.19. The Hall–Kier alpha value is -1.37. The summed E-state index contributed by atoms with van der Waals surface area (Å²) in [6, 6.07) is 11.5. The van der Waals surface area contributed by atoms with Crippen LogP contribution in [0.3, 0.4) is 0 Å². The quantitative estimate of drug-likeness (QED) is 0.763. The van der Waals surface area contributed by atoms with Gasteiger partial charge in [-0.3, -0.25) is 0 Å². The van der Waals surface area contributed by atoms with Crippen LogP contribution in [0.2, 0.25) is 0 Å². The summed E-state index contributed by atoms with van der Waals surface area (Å²) in [6.45, 7) is 2.94. The van der Waals surface area contributed by atoms with Crippen molar-refractivity contribution in [2.75, 3.05) is 5.32 Å². The Morgan fingerprint density at radius 2 is 2.00 bits per heavy atom. The van der Waals surface area contributed by atoms with Crippen molar-refractivity contribution in [1.82, 2.24) is 5.32 Å². The van der Waals surface area contributed by atoms with Crippen LogP contribution in [0.15, 0.2) is 40.2 Å². The number of carbonyl (C=O) groups excluding carboxylic acids is 1. The van der Waals surface area contributed by atoms with Gasteiger partial charge in [-0.1, -0.05) is 12.1 Å². The number of nitrogens with one attached hydrogen (secondary N) is 2. The van der Waals surface area contributed by atoms with Gasteiger partial charge in [-0.05, 0) is 52.7 Å². The largest absolute Gasteiger partial charge is 0.351 e. The number of halogens is 1. The van der Waals surface area contributed by atoms with E-state index < -0.39 is 6.03 Å². The van der Waals surface area contributed by atoms with Crippen LogP contribution in [0, 0.1) is 0 Å². The molecule has 0 aliphatic heterocycles. The molecule has 1 heterocycles. The van der Waals surface area contributed by atoms with Gasteiger partial charge >= 0.3 is 6.03 Å². The summed E-state index contributed by atoms with van der Waals surface area (Å²) >= 11 is 5.18. The number of carbonyl (C=O) groups is 1. The van der Waals surface area contributed by atoms with Crippen molar-refractivity contribution in [3.8, 4) is 0 Å². The molecular formula is C14H16BrN3OS. The number of rotatable bonds is 5. The van der Waals surface area contributed by atoms with E-state index in [0.29, 0.717) is 5.69 Å². The summed E-state index contributed by atoms with van der Waals surface area (Å²) in [7, 11) is 0. The minimum Gasteiger partial charge on any atom is -0.351 e. The molecule has 0 aliphatic carbocycles. The van der Waals surface area contributed by atoms with Gasteiger partial charge in [0.15, 0.2) is 0 Å². The van der Waals surface area contributed by atoms with Gasteiger partial charge in [-0.15, -0.1) is 11.3 Å². The first-order valence-electron chi connectivity index (χ1n) is 6.18. The molecule has 1 aromatic heterocycles. The third-order valence-corrected chi connectivity index (χ3v) is 4.51. The second-order valence-corrected chi connectivity index (χ2v) is 6.97. The van der Waals surface area contributed by atoms with E-state index in [9.17, 15) is 4.79 Å². The smallest absolute Gasteiger partial charge is 0.316 e. The van der Waals surface area contributed by atoms with E-state index in [4.69, 9.17) is 5.73 Å². The molecule has 0 saturated carbocycles. The Morgan fingerprint density at radius 1 is 1.30 bits per heavy atom. The number of benzene rings is 1. The summed E-state index contributed by atoms with van der Waals surface area (Å²) in [5, 5.41) is 6.01. The molecule has 6 heteroatoms. The lowest BCUT2D eigenvalue weighted by Gasteiger charge is -2.14. The van der Waals surface area contributed by atoms with Crippen LogP contribution in [-0.4, -0.2) is 6.03 Å². The van der Waals surface area contributed by atoms with Crippen molar-refractivity contribution in [2.24, 2.45) is 5.73 Å². The highest BCUT2D eigenvalue weighted by Gasteiger charge is 2.06. The molecule has 1 atom stereocenters. The van der Waals surface area contributed by atoms with E-state index in [-0.39, 0.29) is 6.04 Å². The van der Waals surface area contributed by atoms with Gasteiger partial charge in [-0.2, -0.15) is 0 Å². The predicted molar refractivity (Wildman–Crippen MR) is 86.9 cm³/mol. The van der Waals surface area contributed by atoms with Crippen molar-refractivity contribution < 1.29 is 4.79 Å². The molecule has 0 fully saturated rings. The van der Waals surface area contributed by atoms with E-state index in [0.717, 1.165) is 15.9 Å². The van der Waals surface area contributed by atoms with Crippen LogP contribution < -0.4 is 16.4 Å². The van der Waals surface area contributed by atoms with E-state index >= 15 is 0 Å². The lowest BCUT2D eigenvalue weighted by atomic mass is 10.1. The highest BCUT2D eigenvalue weighted by Crippen LogP contribution is 2.23. The zero-order valence-electron chi connectivity index (χ0n) is 11.0. The molecule has 2 aromatic rings. The number of thiophene rings is 1. The molecular weight excluding hydrogens is 338 g/mol. The van der Waals surface area contributed by atoms with Gasteiger partial charge in [0.1, 0.15) is 0 Å². The van der Waals surface area contributed by atoms with Crippen LogP contribution in [0.25, 0.3) is 0 Å². The summed E-state index contributed by atoms with van der Waals surface area (Å²) < 4.78 is 1.14.